The number of phenolic OH excluding ortho intramolecular Hbond substituents is 2. The van der Waals surface area contributed by atoms with Crippen molar-refractivity contribution in [2.45, 2.75) is 12.8 Å². The van der Waals surface area contributed by atoms with Crippen LogP contribution in [0.2, 0.25) is 0 Å². The molecule has 0 unspecified atom stereocenters. The van der Waals surface area contributed by atoms with Crippen LogP contribution in [0.5, 0.6) is 11.5 Å². The van der Waals surface area contributed by atoms with Crippen LogP contribution in [-0.4, -0.2) is 28.9 Å². The third-order valence-corrected chi connectivity index (χ3v) is 3.69. The highest BCUT2D eigenvalue weighted by atomic mass is 79.9. The molecule has 2 aromatic carbocycles. The first-order chi connectivity index (χ1) is 11.5. The van der Waals surface area contributed by atoms with Gasteiger partial charge in [0.15, 0.2) is 0 Å². The van der Waals surface area contributed by atoms with Crippen LogP contribution in [0.3, 0.4) is 0 Å². The summed E-state index contributed by atoms with van der Waals surface area (Å²) in [6.45, 7) is 0.678. The summed E-state index contributed by atoms with van der Waals surface area (Å²) in [7, 11) is 0. The molecule has 1 amide bonds. The highest BCUT2D eigenvalue weighted by Gasteiger charge is 2.01. The third-order valence-electron chi connectivity index (χ3n) is 3.16. The molecule has 2 rings (SSSR count). The van der Waals surface area contributed by atoms with Crippen molar-refractivity contribution in [1.82, 2.24) is 5.43 Å². The molecule has 0 aliphatic heterocycles. The maximum atomic E-state index is 11.7. The second-order valence-corrected chi connectivity index (χ2v) is 5.99. The van der Waals surface area contributed by atoms with E-state index >= 15 is 0 Å². The van der Waals surface area contributed by atoms with Crippen LogP contribution in [0.15, 0.2) is 52.0 Å². The predicted octanol–water partition coefficient (Wildman–Crippen LogP) is 3.20. The summed E-state index contributed by atoms with van der Waals surface area (Å²) in [4.78, 5) is 11.7. The summed E-state index contributed by atoms with van der Waals surface area (Å²) in [6.07, 6.45) is 2.33. The van der Waals surface area contributed by atoms with Crippen LogP contribution in [0.25, 0.3) is 0 Å². The van der Waals surface area contributed by atoms with Crippen molar-refractivity contribution in [2.75, 3.05) is 11.9 Å². The summed E-state index contributed by atoms with van der Waals surface area (Å²) >= 11 is 3.37. The number of nitrogens with zero attached hydrogens (tertiary/aromatic N) is 1. The number of hydrogen-bond acceptors (Lipinski definition) is 5. The SMILES string of the molecule is O=C(CCCNc1ccc(Br)cc1)N/N=C/c1ccc(O)cc1O. The molecule has 4 N–H and O–H groups in total. The summed E-state index contributed by atoms with van der Waals surface area (Å²) in [5.74, 6) is -0.346. The fraction of sp³-hybridized carbons (Fsp3) is 0.176. The Balaban J connectivity index is 1.67. The van der Waals surface area contributed by atoms with Gasteiger partial charge in [0.05, 0.1) is 6.21 Å². The molecule has 0 spiro atoms. The first-order valence-corrected chi connectivity index (χ1v) is 8.17. The van der Waals surface area contributed by atoms with Crippen LogP contribution in [0.4, 0.5) is 5.69 Å². The number of benzene rings is 2. The molecule has 126 valence electrons. The average Bonchev–Trinajstić information content (AvgIpc) is 2.55. The molecule has 7 heteroatoms. The first kappa shape index (κ1) is 17.8. The number of amides is 1. The standard InChI is InChI=1S/C17H18BrN3O3/c18-13-4-6-14(7-5-13)19-9-1-2-17(24)21-20-11-12-3-8-15(22)10-16(12)23/h3-8,10-11,19,22-23H,1-2,9H2,(H,21,24)/b20-11+. The van der Waals surface area contributed by atoms with E-state index in [1.165, 1.54) is 24.4 Å². The van der Waals surface area contributed by atoms with E-state index in [0.29, 0.717) is 24.9 Å². The highest BCUT2D eigenvalue weighted by molar-refractivity contribution is 9.10. The lowest BCUT2D eigenvalue weighted by atomic mass is 10.2. The number of phenols is 2. The van der Waals surface area contributed by atoms with Crippen molar-refractivity contribution in [3.8, 4) is 11.5 Å². The van der Waals surface area contributed by atoms with Crippen LogP contribution >= 0.6 is 15.9 Å². The molecule has 0 aliphatic rings. The van der Waals surface area contributed by atoms with Gasteiger partial charge in [0.25, 0.3) is 0 Å². The Hall–Kier alpha value is -2.54. The Labute approximate surface area is 148 Å². The van der Waals surface area contributed by atoms with Gasteiger partial charge in [-0.3, -0.25) is 4.79 Å². The van der Waals surface area contributed by atoms with Crippen molar-refractivity contribution in [1.29, 1.82) is 0 Å². The van der Waals surface area contributed by atoms with E-state index in [-0.39, 0.29) is 17.4 Å². The lowest BCUT2D eigenvalue weighted by Crippen LogP contribution is -2.18. The smallest absolute Gasteiger partial charge is 0.240 e. The zero-order valence-electron chi connectivity index (χ0n) is 12.9. The summed E-state index contributed by atoms with van der Waals surface area (Å²) in [5, 5.41) is 25.8. The quantitative estimate of drug-likeness (QED) is 0.331. The highest BCUT2D eigenvalue weighted by Crippen LogP contribution is 2.20. The number of halogens is 1. The molecule has 0 bridgehead atoms. The number of aromatic hydroxyl groups is 2. The molecule has 0 radical (unpaired) electrons. The van der Waals surface area contributed by atoms with Gasteiger partial charge in [0.1, 0.15) is 11.5 Å². The van der Waals surface area contributed by atoms with Crippen LogP contribution in [-0.2, 0) is 4.79 Å². The van der Waals surface area contributed by atoms with Crippen LogP contribution in [0.1, 0.15) is 18.4 Å². The lowest BCUT2D eigenvalue weighted by Gasteiger charge is -2.06. The number of rotatable bonds is 7. The lowest BCUT2D eigenvalue weighted by molar-refractivity contribution is -0.121. The molecule has 0 saturated heterocycles. The van der Waals surface area contributed by atoms with Gasteiger partial charge in [-0.05, 0) is 42.8 Å². The van der Waals surface area contributed by atoms with Gasteiger partial charge in [-0.1, -0.05) is 15.9 Å². The van der Waals surface area contributed by atoms with E-state index in [1.54, 1.807) is 0 Å². The van der Waals surface area contributed by atoms with Crippen molar-refractivity contribution < 1.29 is 15.0 Å². The van der Waals surface area contributed by atoms with Gasteiger partial charge in [0, 0.05) is 34.8 Å². The number of carbonyl (C=O) groups excluding carboxylic acids is 1. The topological polar surface area (TPSA) is 94.0 Å². The van der Waals surface area contributed by atoms with Crippen molar-refractivity contribution >= 4 is 33.7 Å². The third kappa shape index (κ3) is 5.92. The summed E-state index contributed by atoms with van der Waals surface area (Å²) < 4.78 is 1.02. The van der Waals surface area contributed by atoms with Gasteiger partial charge in [-0.2, -0.15) is 5.10 Å². The van der Waals surface area contributed by atoms with E-state index < -0.39 is 0 Å². The molecule has 0 aromatic heterocycles. The molecule has 0 fully saturated rings. The number of hydrogen-bond donors (Lipinski definition) is 4. The number of hydrazone groups is 1. The van der Waals surface area contributed by atoms with Crippen LogP contribution in [0, 0.1) is 0 Å². The van der Waals surface area contributed by atoms with Gasteiger partial charge >= 0.3 is 0 Å². The Morgan fingerprint density at radius 2 is 1.92 bits per heavy atom. The Morgan fingerprint density at radius 3 is 2.62 bits per heavy atom. The maximum Gasteiger partial charge on any atom is 0.240 e. The van der Waals surface area contributed by atoms with Crippen molar-refractivity contribution in [3.63, 3.8) is 0 Å². The van der Waals surface area contributed by atoms with E-state index in [4.69, 9.17) is 0 Å². The minimum absolute atomic E-state index is 0.0352. The molecule has 6 nitrogen and oxygen atoms in total. The fourth-order valence-electron chi connectivity index (χ4n) is 1.92. The van der Waals surface area contributed by atoms with Crippen molar-refractivity contribution in [3.05, 3.63) is 52.5 Å². The molecule has 0 aliphatic carbocycles. The Morgan fingerprint density at radius 1 is 1.17 bits per heavy atom. The second-order valence-electron chi connectivity index (χ2n) is 5.07. The molecular weight excluding hydrogens is 374 g/mol. The minimum Gasteiger partial charge on any atom is -0.508 e. The normalized spacial score (nSPS) is 10.7. The molecule has 0 atom stereocenters. The van der Waals surface area contributed by atoms with Gasteiger partial charge in [-0.25, -0.2) is 5.43 Å². The van der Waals surface area contributed by atoms with E-state index in [1.807, 2.05) is 24.3 Å². The Bertz CT molecular complexity index is 718. The maximum absolute atomic E-state index is 11.7. The minimum atomic E-state index is -0.206. The van der Waals surface area contributed by atoms with Gasteiger partial charge in [0.2, 0.25) is 5.91 Å². The molecule has 0 heterocycles. The number of anilines is 1. The van der Waals surface area contributed by atoms with Crippen LogP contribution < -0.4 is 10.7 Å². The summed E-state index contributed by atoms with van der Waals surface area (Å²) in [5.41, 5.74) is 3.81. The molecule has 2 aromatic rings. The Kier molecular flexibility index (Phi) is 6.62. The van der Waals surface area contributed by atoms with Crippen molar-refractivity contribution in [2.24, 2.45) is 5.10 Å². The largest absolute Gasteiger partial charge is 0.508 e. The molecule has 24 heavy (non-hydrogen) atoms. The monoisotopic (exact) mass is 391 g/mol. The van der Waals surface area contributed by atoms with E-state index in [0.717, 1.165) is 10.2 Å². The number of carbonyl (C=O) groups is 1. The molecule has 0 saturated carbocycles. The molecular formula is C17H18BrN3O3. The first-order valence-electron chi connectivity index (χ1n) is 7.38. The zero-order chi connectivity index (χ0) is 17.4. The zero-order valence-corrected chi connectivity index (χ0v) is 14.5. The van der Waals surface area contributed by atoms with E-state index in [9.17, 15) is 15.0 Å². The van der Waals surface area contributed by atoms with Gasteiger partial charge < -0.3 is 15.5 Å². The second kappa shape index (κ2) is 8.93. The van der Waals surface area contributed by atoms with E-state index in [2.05, 4.69) is 31.8 Å². The summed E-state index contributed by atoms with van der Waals surface area (Å²) in [6, 6.07) is 11.9. The van der Waals surface area contributed by atoms with Gasteiger partial charge in [-0.15, -0.1) is 0 Å². The fourth-order valence-corrected chi connectivity index (χ4v) is 2.18. The predicted molar refractivity (Wildman–Crippen MR) is 97.4 cm³/mol. The average molecular weight is 392 g/mol. The number of nitrogens with one attached hydrogen (secondary N) is 2.